The fraction of sp³-hybridized carbons (Fsp3) is 0.478. The Morgan fingerprint density at radius 3 is 2.73 bits per heavy atom. The minimum absolute atomic E-state index is 0.193. The highest BCUT2D eigenvalue weighted by molar-refractivity contribution is 7.90. The van der Waals surface area contributed by atoms with E-state index in [0.29, 0.717) is 48.4 Å². The van der Waals surface area contributed by atoms with Gasteiger partial charge in [-0.3, -0.25) is 4.98 Å². The van der Waals surface area contributed by atoms with Gasteiger partial charge in [0.15, 0.2) is 11.5 Å². The van der Waals surface area contributed by atoms with Crippen molar-refractivity contribution in [2.45, 2.75) is 51.8 Å². The Kier molecular flexibility index (Phi) is 7.93. The second kappa shape index (κ2) is 10.5. The van der Waals surface area contributed by atoms with E-state index in [2.05, 4.69) is 26.6 Å². The fourth-order valence-corrected chi connectivity index (χ4v) is 4.64. The van der Waals surface area contributed by atoms with E-state index < -0.39 is 11.4 Å². The Hall–Kier alpha value is -2.69. The molecule has 0 aromatic carbocycles. The highest BCUT2D eigenvalue weighted by Gasteiger charge is 2.36. The number of rotatable bonds is 10. The quantitative estimate of drug-likeness (QED) is 0.248. The van der Waals surface area contributed by atoms with Crippen molar-refractivity contribution in [3.05, 3.63) is 42.9 Å². The van der Waals surface area contributed by atoms with Crippen molar-refractivity contribution in [3.63, 3.8) is 0 Å². The zero-order valence-corrected chi connectivity index (χ0v) is 20.9. The Bertz CT molecular complexity index is 1100. The number of hydrogen-bond acceptors (Lipinski definition) is 8. The summed E-state index contributed by atoms with van der Waals surface area (Å²) in [5, 5.41) is 4.25. The first-order valence-electron chi connectivity index (χ1n) is 10.9. The Morgan fingerprint density at radius 1 is 1.33 bits per heavy atom. The summed E-state index contributed by atoms with van der Waals surface area (Å²) < 4.78 is 27.6. The van der Waals surface area contributed by atoms with Crippen molar-refractivity contribution in [1.82, 2.24) is 28.9 Å². The van der Waals surface area contributed by atoms with Gasteiger partial charge in [-0.1, -0.05) is 6.08 Å². The van der Waals surface area contributed by atoms with Gasteiger partial charge >= 0.3 is 6.01 Å². The van der Waals surface area contributed by atoms with Gasteiger partial charge in [-0.2, -0.15) is 14.6 Å². The van der Waals surface area contributed by atoms with Crippen LogP contribution < -0.4 is 9.47 Å². The van der Waals surface area contributed by atoms with Gasteiger partial charge in [0.05, 0.1) is 43.4 Å². The Labute approximate surface area is 198 Å². The van der Waals surface area contributed by atoms with Crippen LogP contribution in [0.5, 0.6) is 11.8 Å². The van der Waals surface area contributed by atoms with Gasteiger partial charge in [-0.15, -0.1) is 10.9 Å². The van der Waals surface area contributed by atoms with Crippen LogP contribution in [0, 0.1) is 0 Å². The molecule has 3 rings (SSSR count). The van der Waals surface area contributed by atoms with Gasteiger partial charge in [0.1, 0.15) is 10.5 Å². The van der Waals surface area contributed by atoms with Gasteiger partial charge in [-0.05, 0) is 47.1 Å². The molecule has 3 heterocycles. The minimum atomic E-state index is -1.19. The third-order valence-electron chi connectivity index (χ3n) is 5.04. The molecule has 0 amide bonds. The number of hydrogen-bond donors (Lipinski definition) is 0. The molecule has 0 spiro atoms. The van der Waals surface area contributed by atoms with Crippen LogP contribution in [0.15, 0.2) is 37.2 Å². The smallest absolute Gasteiger partial charge is 0.321 e. The zero-order valence-electron chi connectivity index (χ0n) is 20.1. The average molecular weight is 473 g/mol. The van der Waals surface area contributed by atoms with Gasteiger partial charge in [0.2, 0.25) is 0 Å². The average Bonchev–Trinajstić information content (AvgIpc) is 3.27. The van der Waals surface area contributed by atoms with Crippen LogP contribution in [0.2, 0.25) is 0 Å². The first-order valence-corrected chi connectivity index (χ1v) is 12.0. The highest BCUT2D eigenvalue weighted by Crippen LogP contribution is 2.34. The maximum absolute atomic E-state index is 13.1. The van der Waals surface area contributed by atoms with E-state index in [1.54, 1.807) is 36.2 Å². The first-order chi connectivity index (χ1) is 15.7. The van der Waals surface area contributed by atoms with E-state index >= 15 is 0 Å². The van der Waals surface area contributed by atoms with Crippen molar-refractivity contribution >= 4 is 17.0 Å². The van der Waals surface area contributed by atoms with Crippen LogP contribution in [0.25, 0.3) is 17.0 Å². The van der Waals surface area contributed by atoms with Crippen LogP contribution >= 0.6 is 0 Å². The number of nitrogens with zero attached hydrogens (tertiary/aromatic N) is 6. The molecule has 0 radical (unpaired) electrons. The lowest BCUT2D eigenvalue weighted by Gasteiger charge is -2.35. The zero-order chi connectivity index (χ0) is 24.2. The normalized spacial score (nSPS) is 13.8. The molecule has 9 nitrogen and oxygen atoms in total. The summed E-state index contributed by atoms with van der Waals surface area (Å²) in [4.78, 5) is 13.9. The van der Waals surface area contributed by atoms with Crippen molar-refractivity contribution in [3.8, 4) is 23.1 Å². The van der Waals surface area contributed by atoms with Crippen molar-refractivity contribution in [2.24, 2.45) is 0 Å². The molecule has 0 saturated heterocycles. The minimum Gasteiger partial charge on any atom is -0.597 e. The SMILES string of the molecule is C=CCCOc1nc(-c2cc([C@@H](C)N(CC)[S+]([O-])C(C)(C)C)ncc2OC)nc2ccnn12. The molecule has 0 N–H and O–H groups in total. The van der Waals surface area contributed by atoms with Crippen LogP contribution in [-0.4, -0.2) is 58.4 Å². The van der Waals surface area contributed by atoms with Crippen LogP contribution in [-0.2, 0) is 11.4 Å². The third-order valence-corrected chi connectivity index (χ3v) is 7.09. The topological polar surface area (TPSA) is 101 Å². The van der Waals surface area contributed by atoms with E-state index in [4.69, 9.17) is 9.47 Å². The van der Waals surface area contributed by atoms with Crippen molar-refractivity contribution in [2.75, 3.05) is 20.3 Å². The van der Waals surface area contributed by atoms with E-state index in [1.807, 2.05) is 45.0 Å². The van der Waals surface area contributed by atoms with Gasteiger partial charge in [0.25, 0.3) is 0 Å². The molecule has 10 heteroatoms. The lowest BCUT2D eigenvalue weighted by Crippen LogP contribution is -2.44. The first kappa shape index (κ1) is 24.9. The molecule has 2 atom stereocenters. The molecule has 0 aliphatic heterocycles. The second-order valence-corrected chi connectivity index (χ2v) is 10.6. The number of pyridine rings is 1. The van der Waals surface area contributed by atoms with Crippen LogP contribution in [0.3, 0.4) is 0 Å². The Morgan fingerprint density at radius 2 is 2.09 bits per heavy atom. The maximum atomic E-state index is 13.1. The fourth-order valence-electron chi connectivity index (χ4n) is 3.31. The molecular weight excluding hydrogens is 440 g/mol. The van der Waals surface area contributed by atoms with E-state index in [0.717, 1.165) is 5.69 Å². The summed E-state index contributed by atoms with van der Waals surface area (Å²) in [6, 6.07) is 3.82. The highest BCUT2D eigenvalue weighted by atomic mass is 32.2. The summed E-state index contributed by atoms with van der Waals surface area (Å²) in [5.74, 6) is 0.969. The molecule has 178 valence electrons. The summed E-state index contributed by atoms with van der Waals surface area (Å²) in [6.07, 6.45) is 5.76. The maximum Gasteiger partial charge on any atom is 0.321 e. The number of ether oxygens (including phenoxy) is 2. The van der Waals surface area contributed by atoms with Gasteiger partial charge < -0.3 is 14.0 Å². The molecule has 1 unspecified atom stereocenters. The monoisotopic (exact) mass is 472 g/mol. The number of methoxy groups -OCH3 is 1. The van der Waals surface area contributed by atoms with E-state index in [-0.39, 0.29) is 10.8 Å². The van der Waals surface area contributed by atoms with E-state index in [1.165, 1.54) is 0 Å². The molecule has 3 aromatic rings. The van der Waals surface area contributed by atoms with E-state index in [9.17, 15) is 4.55 Å². The largest absolute Gasteiger partial charge is 0.597 e. The number of fused-ring (bicyclic) bond motifs is 1. The van der Waals surface area contributed by atoms with Gasteiger partial charge in [0, 0.05) is 24.0 Å². The van der Waals surface area contributed by atoms with Crippen molar-refractivity contribution < 1.29 is 14.0 Å². The lowest BCUT2D eigenvalue weighted by atomic mass is 10.1. The number of aromatic nitrogens is 5. The summed E-state index contributed by atoms with van der Waals surface area (Å²) >= 11 is -1.19. The predicted molar refractivity (Wildman–Crippen MR) is 130 cm³/mol. The molecular formula is C23H32N6O3S. The molecule has 33 heavy (non-hydrogen) atoms. The lowest BCUT2D eigenvalue weighted by molar-refractivity contribution is 0.289. The standard InChI is InChI=1S/C23H32N6O3S/c1-8-10-13-32-22-27-21(26-20-11-12-25-29(20)22)17-14-18(24-15-19(17)31-7)16(3)28(9-2)33(30)23(4,5)6/h8,11-12,14-16H,1,9-10,13H2,2-7H3/t16-,33?/m1/s1. The molecule has 3 aromatic heterocycles. The molecule has 0 fully saturated rings. The van der Waals surface area contributed by atoms with Crippen LogP contribution in [0.1, 0.15) is 52.8 Å². The van der Waals surface area contributed by atoms with Crippen molar-refractivity contribution in [1.29, 1.82) is 0 Å². The third kappa shape index (κ3) is 5.45. The summed E-state index contributed by atoms with van der Waals surface area (Å²) in [5.41, 5.74) is 2.02. The van der Waals surface area contributed by atoms with Gasteiger partial charge in [-0.25, -0.2) is 4.98 Å². The predicted octanol–water partition coefficient (Wildman–Crippen LogP) is 3.99. The van der Waals surface area contributed by atoms with Crippen LogP contribution in [0.4, 0.5) is 0 Å². The molecule has 0 bridgehead atoms. The second-order valence-electron chi connectivity index (χ2n) is 8.44. The Balaban J connectivity index is 2.05. The molecule has 0 saturated carbocycles. The summed E-state index contributed by atoms with van der Waals surface area (Å²) in [7, 11) is 1.58. The summed E-state index contributed by atoms with van der Waals surface area (Å²) in [6.45, 7) is 14.7. The molecule has 0 aliphatic carbocycles. The molecule has 0 aliphatic rings.